The van der Waals surface area contributed by atoms with Gasteiger partial charge in [0.25, 0.3) is 0 Å². The molecule has 8 heteroatoms. The van der Waals surface area contributed by atoms with E-state index in [4.69, 9.17) is 0 Å². The van der Waals surface area contributed by atoms with Gasteiger partial charge in [-0.05, 0) is 13.5 Å². The molecule has 23 heavy (non-hydrogen) atoms. The average molecular weight is 338 g/mol. The second kappa shape index (κ2) is 20.2. The normalized spacial score (nSPS) is 9.35. The van der Waals surface area contributed by atoms with Crippen LogP contribution in [0.3, 0.4) is 0 Å². The van der Waals surface area contributed by atoms with Crippen molar-refractivity contribution in [3.05, 3.63) is 0 Å². The Balaban J connectivity index is -0.000000270. The molecule has 0 bridgehead atoms. The molecule has 1 atom stereocenters. The summed E-state index contributed by atoms with van der Waals surface area (Å²) in [7, 11) is 1.69. The van der Waals surface area contributed by atoms with Gasteiger partial charge in [0, 0.05) is 20.0 Å². The van der Waals surface area contributed by atoms with Gasteiger partial charge < -0.3 is 26.6 Å². The topological polar surface area (TPSA) is 111 Å². The van der Waals surface area contributed by atoms with Crippen LogP contribution in [0.25, 0.3) is 0 Å². The first-order valence-electron chi connectivity index (χ1n) is 6.22. The van der Waals surface area contributed by atoms with E-state index >= 15 is 0 Å². The largest absolute Gasteiger partial charge is 0.354 e. The first-order chi connectivity index (χ1) is 9.01. The van der Waals surface area contributed by atoms with Crippen LogP contribution in [0.4, 0.5) is 4.79 Å². The van der Waals surface area contributed by atoms with E-state index in [0.29, 0.717) is 13.1 Å². The van der Waals surface area contributed by atoms with Crippen LogP contribution in [0, 0.1) is 0 Å². The predicted molar refractivity (Wildman–Crippen MR) is 98.3 cm³/mol. The van der Waals surface area contributed by atoms with Crippen molar-refractivity contribution >= 4 is 17.8 Å². The molecule has 0 saturated carbocycles. The van der Waals surface area contributed by atoms with Crippen LogP contribution in [0.5, 0.6) is 0 Å². The van der Waals surface area contributed by atoms with Gasteiger partial charge in [-0.15, -0.1) is 0 Å². The van der Waals surface area contributed by atoms with Gasteiger partial charge in [-0.25, -0.2) is 4.79 Å². The van der Waals surface area contributed by atoms with Gasteiger partial charge in [0.2, 0.25) is 11.8 Å². The zero-order valence-corrected chi connectivity index (χ0v) is 11.6. The minimum absolute atomic E-state index is 0. The van der Waals surface area contributed by atoms with E-state index in [2.05, 4.69) is 26.6 Å². The number of carbonyl (C=O) groups is 3. The second-order valence-electron chi connectivity index (χ2n) is 3.96. The summed E-state index contributed by atoms with van der Waals surface area (Å²) in [4.78, 5) is 33.9. The van der Waals surface area contributed by atoms with Crippen LogP contribution in [0.15, 0.2) is 0 Å². The molecular formula is C15H39N5O3. The van der Waals surface area contributed by atoms with Gasteiger partial charge in [-0.1, -0.05) is 36.6 Å². The van der Waals surface area contributed by atoms with Crippen molar-refractivity contribution in [1.29, 1.82) is 0 Å². The minimum atomic E-state index is -0.658. The molecule has 0 aliphatic carbocycles. The fourth-order valence-corrected chi connectivity index (χ4v) is 1.24. The van der Waals surface area contributed by atoms with Gasteiger partial charge in [-0.2, -0.15) is 0 Å². The molecular weight excluding hydrogens is 298 g/mol. The maximum absolute atomic E-state index is 11.7. The molecule has 0 radical (unpaired) electrons. The second-order valence-corrected chi connectivity index (χ2v) is 3.96. The van der Waals surface area contributed by atoms with Gasteiger partial charge in [0.15, 0.2) is 0 Å². The van der Waals surface area contributed by atoms with Gasteiger partial charge >= 0.3 is 6.03 Å². The number of nitrogens with one attached hydrogen (secondary N) is 5. The predicted octanol–water partition coefficient (Wildman–Crippen LogP) is 1.04. The third-order valence-electron chi connectivity index (χ3n) is 2.17. The first-order valence-corrected chi connectivity index (χ1v) is 6.22. The Labute approximate surface area is 142 Å². The van der Waals surface area contributed by atoms with E-state index in [1.54, 1.807) is 7.05 Å². The SMILES string of the molecule is C.C.C.C.CCCNC(=O)C(CNC)NC(=O)NCNC(C)=O. The number of urea groups is 1. The lowest BCUT2D eigenvalue weighted by Crippen LogP contribution is -2.55. The van der Waals surface area contributed by atoms with Gasteiger partial charge in [0.05, 0.1) is 6.67 Å². The number of hydrogen-bond donors (Lipinski definition) is 5. The average Bonchev–Trinajstić information content (AvgIpc) is 2.35. The van der Waals surface area contributed by atoms with E-state index in [9.17, 15) is 14.4 Å². The Morgan fingerprint density at radius 1 is 0.957 bits per heavy atom. The van der Waals surface area contributed by atoms with Crippen LogP contribution >= 0.6 is 0 Å². The lowest BCUT2D eigenvalue weighted by atomic mass is 10.2. The van der Waals surface area contributed by atoms with Crippen LogP contribution in [-0.2, 0) is 9.59 Å². The molecule has 0 aromatic heterocycles. The van der Waals surface area contributed by atoms with E-state index < -0.39 is 12.1 Å². The van der Waals surface area contributed by atoms with Crippen molar-refractivity contribution in [1.82, 2.24) is 26.6 Å². The monoisotopic (exact) mass is 337 g/mol. The number of rotatable bonds is 8. The molecule has 5 N–H and O–H groups in total. The van der Waals surface area contributed by atoms with Crippen LogP contribution in [-0.4, -0.2) is 50.7 Å². The fraction of sp³-hybridized carbons (Fsp3) is 0.800. The molecule has 0 aromatic carbocycles. The highest BCUT2D eigenvalue weighted by Crippen LogP contribution is 1.84. The highest BCUT2D eigenvalue weighted by Gasteiger charge is 2.19. The molecule has 0 saturated heterocycles. The highest BCUT2D eigenvalue weighted by atomic mass is 16.2. The summed E-state index contributed by atoms with van der Waals surface area (Å²) >= 11 is 0. The standard InChI is InChI=1S/C11H23N5O3.4CH4/c1-4-5-13-10(18)9(6-12-3)16-11(19)15-7-14-8(2)17;;;;/h9,12H,4-7H2,1-3H3,(H,13,18)(H,14,17)(H2,15,16,19);4*1H4. The molecule has 0 spiro atoms. The third-order valence-corrected chi connectivity index (χ3v) is 2.17. The first kappa shape index (κ1) is 32.9. The molecule has 1 unspecified atom stereocenters. The Morgan fingerprint density at radius 2 is 1.52 bits per heavy atom. The summed E-state index contributed by atoms with van der Waals surface area (Å²) in [6, 6.07) is -1.17. The Morgan fingerprint density at radius 3 is 1.96 bits per heavy atom. The Kier molecular flexibility index (Phi) is 28.9. The molecule has 0 aliphatic heterocycles. The van der Waals surface area contributed by atoms with E-state index in [0.717, 1.165) is 6.42 Å². The number of amides is 4. The molecule has 0 aromatic rings. The van der Waals surface area contributed by atoms with Crippen molar-refractivity contribution in [2.45, 2.75) is 56.0 Å². The molecule has 8 nitrogen and oxygen atoms in total. The summed E-state index contributed by atoms with van der Waals surface area (Å²) in [6.45, 7) is 4.20. The number of likely N-dealkylation sites (N-methyl/N-ethyl adjacent to an activating group) is 1. The molecule has 0 fully saturated rings. The van der Waals surface area contributed by atoms with Crippen molar-refractivity contribution in [2.75, 3.05) is 26.8 Å². The molecule has 0 rings (SSSR count). The maximum Gasteiger partial charge on any atom is 0.316 e. The number of hydrogen-bond acceptors (Lipinski definition) is 4. The van der Waals surface area contributed by atoms with E-state index in [-0.39, 0.29) is 48.2 Å². The summed E-state index contributed by atoms with van der Waals surface area (Å²) < 4.78 is 0. The third kappa shape index (κ3) is 18.1. The summed E-state index contributed by atoms with van der Waals surface area (Å²) in [6.07, 6.45) is 0.826. The fourth-order valence-electron chi connectivity index (χ4n) is 1.24. The molecule has 142 valence electrons. The summed E-state index contributed by atoms with van der Waals surface area (Å²) in [5, 5.41) is 12.9. The Bertz CT molecular complexity index is 311. The van der Waals surface area contributed by atoms with Crippen molar-refractivity contribution < 1.29 is 14.4 Å². The van der Waals surface area contributed by atoms with Crippen molar-refractivity contribution in [2.24, 2.45) is 0 Å². The maximum atomic E-state index is 11.7. The Hall–Kier alpha value is -1.83. The molecule has 0 aliphatic rings. The molecule has 0 heterocycles. The highest BCUT2D eigenvalue weighted by molar-refractivity contribution is 5.87. The minimum Gasteiger partial charge on any atom is -0.354 e. The number of carbonyl (C=O) groups excluding carboxylic acids is 3. The zero-order valence-electron chi connectivity index (χ0n) is 11.6. The zero-order chi connectivity index (χ0) is 14.7. The van der Waals surface area contributed by atoms with Crippen molar-refractivity contribution in [3.8, 4) is 0 Å². The van der Waals surface area contributed by atoms with Crippen LogP contribution in [0.1, 0.15) is 50.0 Å². The van der Waals surface area contributed by atoms with E-state index in [1.165, 1.54) is 6.92 Å². The van der Waals surface area contributed by atoms with Crippen molar-refractivity contribution in [3.63, 3.8) is 0 Å². The van der Waals surface area contributed by atoms with Gasteiger partial charge in [-0.3, -0.25) is 9.59 Å². The quantitative estimate of drug-likeness (QED) is 0.426. The van der Waals surface area contributed by atoms with E-state index in [1.807, 2.05) is 6.92 Å². The van der Waals surface area contributed by atoms with Crippen LogP contribution < -0.4 is 26.6 Å². The summed E-state index contributed by atoms with van der Waals surface area (Å²) in [5.41, 5.74) is 0. The lowest BCUT2D eigenvalue weighted by molar-refractivity contribution is -0.123. The van der Waals surface area contributed by atoms with Crippen LogP contribution in [0.2, 0.25) is 0 Å². The lowest BCUT2D eigenvalue weighted by Gasteiger charge is -2.18. The van der Waals surface area contributed by atoms with Gasteiger partial charge in [0.1, 0.15) is 6.04 Å². The summed E-state index contributed by atoms with van der Waals surface area (Å²) in [5.74, 6) is -0.487. The smallest absolute Gasteiger partial charge is 0.316 e. The molecule has 4 amide bonds.